The Kier molecular flexibility index (Phi) is 2.00. The van der Waals surface area contributed by atoms with Crippen LogP contribution in [0.2, 0.25) is 0 Å². The Labute approximate surface area is 61.0 Å². The van der Waals surface area contributed by atoms with Crippen LogP contribution >= 0.6 is 0 Å². The highest BCUT2D eigenvalue weighted by molar-refractivity contribution is 5.60. The van der Waals surface area contributed by atoms with E-state index in [0.717, 1.165) is 18.2 Å². The van der Waals surface area contributed by atoms with Gasteiger partial charge in [0.2, 0.25) is 0 Å². The van der Waals surface area contributed by atoms with Gasteiger partial charge in [-0.1, -0.05) is 0 Å². The maximum Gasteiger partial charge on any atom is 0.140 e. The molecule has 0 aliphatic carbocycles. The largest absolute Gasteiger partial charge is 0.207 e. The number of hydrogen-bond donors (Lipinski definition) is 0. The third-order valence-electron chi connectivity index (χ3n) is 1.13. The SMILES string of the molecule is O=Nc1ccc(F)cc1N=O. The van der Waals surface area contributed by atoms with E-state index < -0.39 is 5.82 Å². The van der Waals surface area contributed by atoms with Crippen molar-refractivity contribution in [3.63, 3.8) is 0 Å². The molecule has 1 rings (SSSR count). The molecule has 1 aromatic rings. The lowest BCUT2D eigenvalue weighted by molar-refractivity contribution is 0.628. The standard InChI is InChI=1S/C6H3FN2O2/c7-4-1-2-5(8-10)6(3-4)9-11/h1-3H. The first-order valence-corrected chi connectivity index (χ1v) is 2.74. The molecule has 0 aliphatic heterocycles. The van der Waals surface area contributed by atoms with Crippen molar-refractivity contribution in [2.75, 3.05) is 0 Å². The summed E-state index contributed by atoms with van der Waals surface area (Å²) < 4.78 is 12.3. The van der Waals surface area contributed by atoms with Crippen molar-refractivity contribution in [2.24, 2.45) is 10.4 Å². The van der Waals surface area contributed by atoms with Crippen molar-refractivity contribution in [1.82, 2.24) is 0 Å². The fourth-order valence-corrected chi connectivity index (χ4v) is 0.647. The number of hydrogen-bond acceptors (Lipinski definition) is 4. The van der Waals surface area contributed by atoms with Crippen LogP contribution in [-0.2, 0) is 0 Å². The van der Waals surface area contributed by atoms with E-state index in [1.807, 2.05) is 0 Å². The molecule has 11 heavy (non-hydrogen) atoms. The summed E-state index contributed by atoms with van der Waals surface area (Å²) in [6.45, 7) is 0. The summed E-state index contributed by atoms with van der Waals surface area (Å²) in [4.78, 5) is 19.8. The second-order valence-electron chi connectivity index (χ2n) is 1.82. The molecule has 1 aromatic carbocycles. The molecule has 0 spiro atoms. The van der Waals surface area contributed by atoms with Crippen LogP contribution in [0.15, 0.2) is 28.6 Å². The third kappa shape index (κ3) is 1.43. The summed E-state index contributed by atoms with van der Waals surface area (Å²) in [6.07, 6.45) is 0. The van der Waals surface area contributed by atoms with E-state index in [0.29, 0.717) is 0 Å². The van der Waals surface area contributed by atoms with Gasteiger partial charge in [0.25, 0.3) is 0 Å². The summed E-state index contributed by atoms with van der Waals surface area (Å²) in [6, 6.07) is 2.98. The van der Waals surface area contributed by atoms with Crippen molar-refractivity contribution in [3.8, 4) is 0 Å². The minimum absolute atomic E-state index is 0.151. The number of rotatable bonds is 2. The second-order valence-corrected chi connectivity index (χ2v) is 1.82. The van der Waals surface area contributed by atoms with Crippen molar-refractivity contribution in [3.05, 3.63) is 33.8 Å². The first-order chi connectivity index (χ1) is 5.27. The Hall–Kier alpha value is -1.65. The first kappa shape index (κ1) is 7.46. The van der Waals surface area contributed by atoms with Gasteiger partial charge < -0.3 is 0 Å². The second kappa shape index (κ2) is 2.96. The first-order valence-electron chi connectivity index (χ1n) is 2.74. The molecular weight excluding hydrogens is 151 g/mol. The molecular formula is C6H3FN2O2. The summed E-state index contributed by atoms with van der Waals surface area (Å²) in [5.41, 5.74) is -0.429. The summed E-state index contributed by atoms with van der Waals surface area (Å²) in [7, 11) is 0. The number of nitroso groups, excluding NO2 is 2. The van der Waals surface area contributed by atoms with E-state index in [-0.39, 0.29) is 11.4 Å². The smallest absolute Gasteiger partial charge is 0.140 e. The highest BCUT2D eigenvalue weighted by Crippen LogP contribution is 2.27. The Bertz CT molecular complexity index is 301. The monoisotopic (exact) mass is 154 g/mol. The van der Waals surface area contributed by atoms with Gasteiger partial charge >= 0.3 is 0 Å². The Morgan fingerprint density at radius 1 is 1.09 bits per heavy atom. The molecule has 0 bridgehead atoms. The van der Waals surface area contributed by atoms with Gasteiger partial charge in [-0.3, -0.25) is 0 Å². The summed E-state index contributed by atoms with van der Waals surface area (Å²) in [5, 5.41) is 4.89. The zero-order valence-electron chi connectivity index (χ0n) is 5.32. The minimum Gasteiger partial charge on any atom is -0.207 e. The number of halogens is 1. The molecule has 0 amide bonds. The molecule has 0 heterocycles. The molecule has 5 heteroatoms. The van der Waals surface area contributed by atoms with Gasteiger partial charge in [0.05, 0.1) is 0 Å². The average Bonchev–Trinajstić information content (AvgIpc) is 2.04. The third-order valence-corrected chi connectivity index (χ3v) is 1.13. The number of benzene rings is 1. The van der Waals surface area contributed by atoms with E-state index in [1.54, 1.807) is 0 Å². The molecule has 0 aliphatic rings. The predicted molar refractivity (Wildman–Crippen MR) is 37.3 cm³/mol. The zero-order chi connectivity index (χ0) is 8.27. The van der Waals surface area contributed by atoms with Crippen molar-refractivity contribution < 1.29 is 4.39 Å². The molecule has 0 atom stereocenters. The normalized spacial score (nSPS) is 9.18. The van der Waals surface area contributed by atoms with Crippen LogP contribution < -0.4 is 0 Å². The Morgan fingerprint density at radius 2 is 1.73 bits per heavy atom. The molecule has 56 valence electrons. The fraction of sp³-hybridized carbons (Fsp3) is 0. The van der Waals surface area contributed by atoms with Gasteiger partial charge in [0.15, 0.2) is 0 Å². The molecule has 0 unspecified atom stereocenters. The quantitative estimate of drug-likeness (QED) is 0.614. The van der Waals surface area contributed by atoms with Crippen LogP contribution in [0, 0.1) is 15.6 Å². The van der Waals surface area contributed by atoms with Crippen LogP contribution in [0.25, 0.3) is 0 Å². The van der Waals surface area contributed by atoms with Gasteiger partial charge in [0, 0.05) is 6.07 Å². The van der Waals surface area contributed by atoms with E-state index in [9.17, 15) is 14.2 Å². The molecule has 0 aromatic heterocycles. The van der Waals surface area contributed by atoms with Gasteiger partial charge in [-0.15, -0.1) is 9.81 Å². The highest BCUT2D eigenvalue weighted by atomic mass is 19.1. The van der Waals surface area contributed by atoms with Crippen molar-refractivity contribution in [1.29, 1.82) is 0 Å². The van der Waals surface area contributed by atoms with Gasteiger partial charge in [-0.2, -0.15) is 0 Å². The molecule has 0 N–H and O–H groups in total. The molecule has 0 saturated heterocycles. The fourth-order valence-electron chi connectivity index (χ4n) is 0.647. The Morgan fingerprint density at radius 3 is 2.27 bits per heavy atom. The average molecular weight is 154 g/mol. The summed E-state index contributed by atoms with van der Waals surface area (Å²) in [5.74, 6) is -0.619. The van der Waals surface area contributed by atoms with E-state index in [4.69, 9.17) is 0 Å². The maximum atomic E-state index is 12.3. The number of nitrogens with zero attached hydrogens (tertiary/aromatic N) is 2. The van der Waals surface area contributed by atoms with Crippen molar-refractivity contribution in [2.45, 2.75) is 0 Å². The van der Waals surface area contributed by atoms with Gasteiger partial charge in [-0.25, -0.2) is 4.39 Å². The minimum atomic E-state index is -0.619. The predicted octanol–water partition coefficient (Wildman–Crippen LogP) is 2.62. The topological polar surface area (TPSA) is 58.9 Å². The lowest BCUT2D eigenvalue weighted by Crippen LogP contribution is -1.71. The lowest BCUT2D eigenvalue weighted by Gasteiger charge is -1.91. The van der Waals surface area contributed by atoms with Crippen LogP contribution in [0.5, 0.6) is 0 Å². The van der Waals surface area contributed by atoms with Crippen LogP contribution in [0.3, 0.4) is 0 Å². The molecule has 4 nitrogen and oxygen atoms in total. The highest BCUT2D eigenvalue weighted by Gasteiger charge is 2.03. The van der Waals surface area contributed by atoms with E-state index in [2.05, 4.69) is 10.4 Å². The lowest BCUT2D eigenvalue weighted by atomic mass is 10.3. The van der Waals surface area contributed by atoms with E-state index in [1.165, 1.54) is 0 Å². The molecule has 0 radical (unpaired) electrons. The molecule has 0 saturated carbocycles. The van der Waals surface area contributed by atoms with Gasteiger partial charge in [0.1, 0.15) is 17.2 Å². The van der Waals surface area contributed by atoms with E-state index >= 15 is 0 Å². The molecule has 0 fully saturated rings. The Balaban J connectivity index is 3.26. The zero-order valence-corrected chi connectivity index (χ0v) is 5.32. The van der Waals surface area contributed by atoms with Crippen molar-refractivity contribution >= 4 is 11.4 Å². The van der Waals surface area contributed by atoms with Crippen LogP contribution in [0.4, 0.5) is 15.8 Å². The van der Waals surface area contributed by atoms with Gasteiger partial charge in [-0.05, 0) is 22.5 Å². The van der Waals surface area contributed by atoms with Crippen LogP contribution in [0.1, 0.15) is 0 Å². The van der Waals surface area contributed by atoms with Crippen LogP contribution in [-0.4, -0.2) is 0 Å². The summed E-state index contributed by atoms with van der Waals surface area (Å²) >= 11 is 0. The maximum absolute atomic E-state index is 12.3.